The maximum atomic E-state index is 12.1. The fraction of sp³-hybridized carbons (Fsp3) is 0.235. The Labute approximate surface area is 147 Å². The summed E-state index contributed by atoms with van der Waals surface area (Å²) in [5.74, 6) is 1.02. The Kier molecular flexibility index (Phi) is 6.24. The summed E-state index contributed by atoms with van der Waals surface area (Å²) in [6, 6.07) is 13.4. The molecule has 2 aromatic carbocycles. The van der Waals surface area contributed by atoms with Crippen LogP contribution in [0.3, 0.4) is 0 Å². The minimum atomic E-state index is -3.39. The normalized spacial score (nSPS) is 10.8. The minimum Gasteiger partial charge on any atom is -0.497 e. The smallest absolute Gasteiger partial charge is 0.251 e. The molecule has 134 valence electrons. The van der Waals surface area contributed by atoms with Crippen molar-refractivity contribution in [3.05, 3.63) is 54.1 Å². The number of benzene rings is 2. The zero-order valence-electron chi connectivity index (χ0n) is 14.0. The monoisotopic (exact) mass is 364 g/mol. The number of sulfonamides is 1. The molecule has 0 unspecified atom stereocenters. The van der Waals surface area contributed by atoms with Gasteiger partial charge in [0.15, 0.2) is 0 Å². The molecule has 2 N–H and O–H groups in total. The van der Waals surface area contributed by atoms with E-state index >= 15 is 0 Å². The predicted molar refractivity (Wildman–Crippen MR) is 95.7 cm³/mol. The molecule has 0 atom stereocenters. The number of ether oxygens (including phenoxy) is 2. The van der Waals surface area contributed by atoms with Crippen molar-refractivity contribution in [2.45, 2.75) is 0 Å². The molecule has 0 spiro atoms. The molecule has 0 bridgehead atoms. The fourth-order valence-electron chi connectivity index (χ4n) is 2.06. The predicted octanol–water partition coefficient (Wildman–Crippen LogP) is 1.88. The number of methoxy groups -OCH3 is 1. The highest BCUT2D eigenvalue weighted by Crippen LogP contribution is 2.18. The van der Waals surface area contributed by atoms with Gasteiger partial charge in [-0.15, -0.1) is 0 Å². The van der Waals surface area contributed by atoms with Crippen molar-refractivity contribution in [2.24, 2.45) is 0 Å². The van der Waals surface area contributed by atoms with E-state index in [2.05, 4.69) is 10.0 Å². The summed E-state index contributed by atoms with van der Waals surface area (Å²) in [5, 5.41) is 2.72. The molecule has 0 radical (unpaired) electrons. The van der Waals surface area contributed by atoms with E-state index in [9.17, 15) is 13.2 Å². The van der Waals surface area contributed by atoms with E-state index < -0.39 is 10.0 Å². The van der Waals surface area contributed by atoms with Crippen molar-refractivity contribution < 1.29 is 22.7 Å². The lowest BCUT2D eigenvalue weighted by Crippen LogP contribution is -2.28. The summed E-state index contributed by atoms with van der Waals surface area (Å²) in [5.41, 5.74) is 0.692. The Balaban J connectivity index is 1.85. The molecule has 1 amide bonds. The lowest BCUT2D eigenvalue weighted by Gasteiger charge is -2.10. The number of carbonyl (C=O) groups is 1. The Bertz CT molecular complexity index is 836. The first-order chi connectivity index (χ1) is 11.9. The van der Waals surface area contributed by atoms with Crippen molar-refractivity contribution in [1.82, 2.24) is 5.32 Å². The van der Waals surface area contributed by atoms with Gasteiger partial charge >= 0.3 is 0 Å². The highest BCUT2D eigenvalue weighted by atomic mass is 32.2. The number of rotatable bonds is 8. The van der Waals surface area contributed by atoms with Crippen molar-refractivity contribution in [1.29, 1.82) is 0 Å². The third-order valence-corrected chi connectivity index (χ3v) is 3.73. The van der Waals surface area contributed by atoms with Gasteiger partial charge in [-0.1, -0.05) is 12.1 Å². The van der Waals surface area contributed by atoms with Gasteiger partial charge in [0, 0.05) is 17.3 Å². The maximum absolute atomic E-state index is 12.1. The van der Waals surface area contributed by atoms with E-state index in [1.807, 2.05) is 12.1 Å². The van der Waals surface area contributed by atoms with E-state index in [-0.39, 0.29) is 5.91 Å². The molecule has 2 rings (SSSR count). The van der Waals surface area contributed by atoms with Crippen LogP contribution in [0.25, 0.3) is 0 Å². The summed E-state index contributed by atoms with van der Waals surface area (Å²) >= 11 is 0. The molecule has 0 aliphatic carbocycles. The van der Waals surface area contributed by atoms with Crippen LogP contribution >= 0.6 is 0 Å². The summed E-state index contributed by atoms with van der Waals surface area (Å²) < 4.78 is 35.4. The molecule has 0 saturated heterocycles. The van der Waals surface area contributed by atoms with Gasteiger partial charge in [0.05, 0.1) is 19.9 Å². The lowest BCUT2D eigenvalue weighted by molar-refractivity contribution is 0.0947. The van der Waals surface area contributed by atoms with Gasteiger partial charge in [0.2, 0.25) is 10.0 Å². The van der Waals surface area contributed by atoms with Crippen LogP contribution in [-0.4, -0.2) is 40.8 Å². The number of nitrogens with one attached hydrogen (secondary N) is 2. The van der Waals surface area contributed by atoms with Crippen LogP contribution in [-0.2, 0) is 10.0 Å². The molecule has 0 heterocycles. The van der Waals surface area contributed by atoms with Crippen LogP contribution in [0.1, 0.15) is 10.4 Å². The Morgan fingerprint density at radius 1 is 1.08 bits per heavy atom. The van der Waals surface area contributed by atoms with Gasteiger partial charge in [-0.25, -0.2) is 8.42 Å². The molecule has 2 aromatic rings. The molecule has 0 saturated carbocycles. The average Bonchev–Trinajstić information content (AvgIpc) is 2.57. The topological polar surface area (TPSA) is 93.7 Å². The van der Waals surface area contributed by atoms with E-state index in [4.69, 9.17) is 9.47 Å². The number of carbonyl (C=O) groups excluding carboxylic acids is 1. The van der Waals surface area contributed by atoms with Gasteiger partial charge < -0.3 is 14.8 Å². The molecular weight excluding hydrogens is 344 g/mol. The van der Waals surface area contributed by atoms with Gasteiger partial charge in [-0.05, 0) is 30.3 Å². The number of anilines is 1. The zero-order valence-corrected chi connectivity index (χ0v) is 14.8. The standard InChI is InChI=1S/C17H20N2O5S/c1-23-15-7-4-8-16(12-15)24-10-9-18-17(20)13-5-3-6-14(11-13)19-25(2,21)22/h3-8,11-12,19H,9-10H2,1-2H3,(H,18,20). The van der Waals surface area contributed by atoms with E-state index in [1.165, 1.54) is 6.07 Å². The molecule has 0 aliphatic rings. The largest absolute Gasteiger partial charge is 0.497 e. The molecule has 25 heavy (non-hydrogen) atoms. The molecule has 0 aliphatic heterocycles. The summed E-state index contributed by atoms with van der Waals surface area (Å²) in [6.45, 7) is 0.597. The van der Waals surface area contributed by atoms with Crippen molar-refractivity contribution in [2.75, 3.05) is 31.2 Å². The van der Waals surface area contributed by atoms with E-state index in [0.717, 1.165) is 6.26 Å². The maximum Gasteiger partial charge on any atom is 0.251 e. The third kappa shape index (κ3) is 6.34. The van der Waals surface area contributed by atoms with Gasteiger partial charge in [0.1, 0.15) is 18.1 Å². The Morgan fingerprint density at radius 3 is 2.52 bits per heavy atom. The van der Waals surface area contributed by atoms with Crippen LogP contribution in [0.15, 0.2) is 48.5 Å². The number of hydrogen-bond acceptors (Lipinski definition) is 5. The van der Waals surface area contributed by atoms with Gasteiger partial charge in [-0.2, -0.15) is 0 Å². The highest BCUT2D eigenvalue weighted by Gasteiger charge is 2.08. The number of hydrogen-bond donors (Lipinski definition) is 2. The fourth-order valence-corrected chi connectivity index (χ4v) is 2.62. The molecule has 7 nitrogen and oxygen atoms in total. The second-order valence-corrected chi connectivity index (χ2v) is 6.99. The Hall–Kier alpha value is -2.74. The van der Waals surface area contributed by atoms with Crippen LogP contribution in [0.5, 0.6) is 11.5 Å². The minimum absolute atomic E-state index is 0.292. The molecular formula is C17H20N2O5S. The SMILES string of the molecule is COc1cccc(OCCNC(=O)c2cccc(NS(C)(=O)=O)c2)c1. The van der Waals surface area contributed by atoms with Gasteiger partial charge in [0.25, 0.3) is 5.91 Å². The first-order valence-corrected chi connectivity index (χ1v) is 9.39. The highest BCUT2D eigenvalue weighted by molar-refractivity contribution is 7.92. The van der Waals surface area contributed by atoms with Gasteiger partial charge in [-0.3, -0.25) is 9.52 Å². The Morgan fingerprint density at radius 2 is 1.80 bits per heavy atom. The lowest BCUT2D eigenvalue weighted by atomic mass is 10.2. The van der Waals surface area contributed by atoms with Crippen LogP contribution in [0, 0.1) is 0 Å². The molecule has 8 heteroatoms. The van der Waals surface area contributed by atoms with E-state index in [1.54, 1.807) is 37.4 Å². The van der Waals surface area contributed by atoms with Crippen molar-refractivity contribution >= 4 is 21.6 Å². The van der Waals surface area contributed by atoms with E-state index in [0.29, 0.717) is 35.9 Å². The quantitative estimate of drug-likeness (QED) is 0.698. The first kappa shape index (κ1) is 18.6. The van der Waals surface area contributed by atoms with Crippen LogP contribution in [0.2, 0.25) is 0 Å². The second kappa shape index (κ2) is 8.39. The van der Waals surface area contributed by atoms with Crippen molar-refractivity contribution in [3.63, 3.8) is 0 Å². The average molecular weight is 364 g/mol. The van der Waals surface area contributed by atoms with Crippen molar-refractivity contribution in [3.8, 4) is 11.5 Å². The first-order valence-electron chi connectivity index (χ1n) is 7.50. The summed E-state index contributed by atoms with van der Waals surface area (Å²) in [4.78, 5) is 12.1. The second-order valence-electron chi connectivity index (χ2n) is 5.24. The summed E-state index contributed by atoms with van der Waals surface area (Å²) in [7, 11) is -1.81. The third-order valence-electron chi connectivity index (χ3n) is 3.13. The molecule has 0 aromatic heterocycles. The zero-order chi connectivity index (χ0) is 18.3. The number of amides is 1. The van der Waals surface area contributed by atoms with Crippen LogP contribution in [0.4, 0.5) is 5.69 Å². The molecule has 0 fully saturated rings. The summed E-state index contributed by atoms with van der Waals surface area (Å²) in [6.07, 6.45) is 1.05. The van der Waals surface area contributed by atoms with Crippen LogP contribution < -0.4 is 19.5 Å².